The summed E-state index contributed by atoms with van der Waals surface area (Å²) in [5.74, 6) is -0.511. The van der Waals surface area contributed by atoms with Crippen LogP contribution in [0.4, 0.5) is 21.7 Å². The molecule has 3 aromatic rings. The van der Waals surface area contributed by atoms with Crippen molar-refractivity contribution in [3.8, 4) is 0 Å². The highest BCUT2D eigenvalue weighted by atomic mass is 19.1. The number of hydrogen-bond acceptors (Lipinski definition) is 4. The molecule has 0 radical (unpaired) electrons. The maximum atomic E-state index is 13.1. The molecule has 0 atom stereocenters. The first kappa shape index (κ1) is 17.3. The minimum absolute atomic E-state index is 0.204. The van der Waals surface area contributed by atoms with Gasteiger partial charge in [0.2, 0.25) is 11.9 Å². The molecule has 1 heterocycles. The highest BCUT2D eigenvalue weighted by Crippen LogP contribution is 2.15. The van der Waals surface area contributed by atoms with Crippen LogP contribution in [-0.2, 0) is 11.3 Å². The second-order valence-corrected chi connectivity index (χ2v) is 5.69. The molecule has 6 nitrogen and oxygen atoms in total. The van der Waals surface area contributed by atoms with Gasteiger partial charge in [0.1, 0.15) is 12.4 Å². The van der Waals surface area contributed by atoms with Crippen LogP contribution < -0.4 is 16.2 Å². The largest absolute Gasteiger partial charge is 0.326 e. The van der Waals surface area contributed by atoms with Crippen LogP contribution in [0.2, 0.25) is 0 Å². The Morgan fingerprint density at radius 3 is 2.46 bits per heavy atom. The Morgan fingerprint density at radius 2 is 1.77 bits per heavy atom. The quantitative estimate of drug-likeness (QED) is 0.740. The van der Waals surface area contributed by atoms with E-state index in [1.54, 1.807) is 31.2 Å². The summed E-state index contributed by atoms with van der Waals surface area (Å²) < 4.78 is 14.3. The van der Waals surface area contributed by atoms with Crippen molar-refractivity contribution in [3.63, 3.8) is 0 Å². The highest BCUT2D eigenvalue weighted by molar-refractivity contribution is 5.90. The number of aryl methyl sites for hydroxylation is 1. The number of rotatable bonds is 5. The Labute approximate surface area is 149 Å². The summed E-state index contributed by atoms with van der Waals surface area (Å²) in [6.07, 6.45) is 0. The normalized spacial score (nSPS) is 10.4. The second-order valence-electron chi connectivity index (χ2n) is 5.69. The van der Waals surface area contributed by atoms with E-state index in [9.17, 15) is 14.0 Å². The first-order chi connectivity index (χ1) is 12.5. The van der Waals surface area contributed by atoms with Crippen molar-refractivity contribution in [2.45, 2.75) is 13.5 Å². The maximum Gasteiger partial charge on any atom is 0.255 e. The standard InChI is InChI=1S/C19H17FN4O2/c1-13-11-18(26)24(12-17(25)22-15-5-3-2-4-6-15)19(21-13)23-16-9-7-14(20)8-10-16/h2-11H,12H2,1H3,(H,21,23)(H,22,25). The fourth-order valence-corrected chi connectivity index (χ4v) is 2.40. The van der Waals surface area contributed by atoms with Crippen LogP contribution in [0, 0.1) is 12.7 Å². The highest BCUT2D eigenvalue weighted by Gasteiger charge is 2.12. The van der Waals surface area contributed by atoms with Crippen molar-refractivity contribution < 1.29 is 9.18 Å². The van der Waals surface area contributed by atoms with Crippen molar-refractivity contribution in [1.29, 1.82) is 0 Å². The van der Waals surface area contributed by atoms with E-state index in [1.807, 2.05) is 6.07 Å². The van der Waals surface area contributed by atoms with E-state index >= 15 is 0 Å². The Morgan fingerprint density at radius 1 is 1.08 bits per heavy atom. The average molecular weight is 352 g/mol. The predicted octanol–water partition coefficient (Wildman–Crippen LogP) is 3.07. The summed E-state index contributed by atoms with van der Waals surface area (Å²) in [5.41, 5.74) is 1.35. The van der Waals surface area contributed by atoms with Crippen LogP contribution in [0.25, 0.3) is 0 Å². The molecule has 0 spiro atoms. The SMILES string of the molecule is Cc1cc(=O)n(CC(=O)Nc2ccccc2)c(Nc2ccc(F)cc2)n1. The number of para-hydroxylation sites is 1. The lowest BCUT2D eigenvalue weighted by Crippen LogP contribution is -2.30. The van der Waals surface area contributed by atoms with Crippen LogP contribution in [0.3, 0.4) is 0 Å². The second kappa shape index (κ2) is 7.60. The Kier molecular flexibility index (Phi) is 5.07. The lowest BCUT2D eigenvalue weighted by Gasteiger charge is -2.14. The number of anilines is 3. The molecule has 0 aliphatic rings. The van der Waals surface area contributed by atoms with Crippen LogP contribution >= 0.6 is 0 Å². The summed E-state index contributed by atoms with van der Waals surface area (Å²) in [6.45, 7) is 1.48. The molecule has 7 heteroatoms. The molecular weight excluding hydrogens is 335 g/mol. The molecule has 2 N–H and O–H groups in total. The summed E-state index contributed by atoms with van der Waals surface area (Å²) in [6, 6.07) is 16.0. The van der Waals surface area contributed by atoms with Gasteiger partial charge in [0.25, 0.3) is 5.56 Å². The number of carbonyl (C=O) groups is 1. The summed E-state index contributed by atoms with van der Waals surface area (Å²) in [7, 11) is 0. The molecule has 0 unspecified atom stereocenters. The number of aromatic nitrogens is 2. The van der Waals surface area contributed by atoms with Gasteiger partial charge in [-0.25, -0.2) is 9.37 Å². The smallest absolute Gasteiger partial charge is 0.255 e. The van der Waals surface area contributed by atoms with E-state index in [-0.39, 0.29) is 29.8 Å². The number of benzene rings is 2. The van der Waals surface area contributed by atoms with Crippen LogP contribution in [-0.4, -0.2) is 15.5 Å². The van der Waals surface area contributed by atoms with Crippen LogP contribution in [0.1, 0.15) is 5.69 Å². The molecule has 26 heavy (non-hydrogen) atoms. The Bertz CT molecular complexity index is 969. The minimum Gasteiger partial charge on any atom is -0.326 e. The van der Waals surface area contributed by atoms with Gasteiger partial charge in [0.15, 0.2) is 0 Å². The monoisotopic (exact) mass is 352 g/mol. The molecule has 0 aliphatic carbocycles. The Balaban J connectivity index is 1.84. The number of nitrogens with zero attached hydrogens (tertiary/aromatic N) is 2. The molecule has 0 saturated heterocycles. The fourth-order valence-electron chi connectivity index (χ4n) is 2.40. The topological polar surface area (TPSA) is 76.0 Å². The van der Waals surface area contributed by atoms with Crippen molar-refractivity contribution in [2.75, 3.05) is 10.6 Å². The van der Waals surface area contributed by atoms with Gasteiger partial charge in [0.05, 0.1) is 0 Å². The van der Waals surface area contributed by atoms with Gasteiger partial charge in [-0.1, -0.05) is 18.2 Å². The van der Waals surface area contributed by atoms with E-state index in [2.05, 4.69) is 15.6 Å². The van der Waals surface area contributed by atoms with E-state index in [0.717, 1.165) is 0 Å². The lowest BCUT2D eigenvalue weighted by atomic mass is 10.3. The first-order valence-corrected chi connectivity index (χ1v) is 7.97. The molecule has 0 bridgehead atoms. The molecule has 0 aliphatic heterocycles. The molecule has 1 aromatic heterocycles. The maximum absolute atomic E-state index is 13.1. The molecular formula is C19H17FN4O2. The zero-order valence-corrected chi connectivity index (χ0v) is 14.1. The van der Waals surface area contributed by atoms with Gasteiger partial charge in [-0.05, 0) is 43.3 Å². The lowest BCUT2D eigenvalue weighted by molar-refractivity contribution is -0.116. The number of hydrogen-bond donors (Lipinski definition) is 2. The third-order valence-corrected chi connectivity index (χ3v) is 3.60. The summed E-state index contributed by atoms with van der Waals surface area (Å²) in [4.78, 5) is 28.9. The van der Waals surface area contributed by atoms with E-state index < -0.39 is 0 Å². The summed E-state index contributed by atoms with van der Waals surface area (Å²) >= 11 is 0. The molecule has 1 amide bonds. The third kappa shape index (κ3) is 4.32. The van der Waals surface area contributed by atoms with Gasteiger partial charge in [0, 0.05) is 23.1 Å². The number of amides is 1. The molecule has 3 rings (SSSR count). The zero-order chi connectivity index (χ0) is 18.5. The van der Waals surface area contributed by atoms with Gasteiger partial charge in [-0.3, -0.25) is 14.2 Å². The van der Waals surface area contributed by atoms with Gasteiger partial charge < -0.3 is 10.6 Å². The summed E-state index contributed by atoms with van der Waals surface area (Å²) in [5, 5.41) is 5.68. The molecule has 132 valence electrons. The van der Waals surface area contributed by atoms with E-state index in [4.69, 9.17) is 0 Å². The van der Waals surface area contributed by atoms with Crippen molar-refractivity contribution >= 4 is 23.2 Å². The third-order valence-electron chi connectivity index (χ3n) is 3.60. The number of halogens is 1. The number of nitrogens with one attached hydrogen (secondary N) is 2. The molecule has 0 fully saturated rings. The van der Waals surface area contributed by atoms with Crippen LogP contribution in [0.5, 0.6) is 0 Å². The molecule has 2 aromatic carbocycles. The van der Waals surface area contributed by atoms with Crippen molar-refractivity contribution in [2.24, 2.45) is 0 Å². The van der Waals surface area contributed by atoms with Crippen molar-refractivity contribution in [3.05, 3.63) is 82.5 Å². The van der Waals surface area contributed by atoms with Crippen molar-refractivity contribution in [1.82, 2.24) is 9.55 Å². The zero-order valence-electron chi connectivity index (χ0n) is 14.1. The number of carbonyl (C=O) groups excluding carboxylic acids is 1. The average Bonchev–Trinajstić information content (AvgIpc) is 2.61. The Hall–Kier alpha value is -3.48. The minimum atomic E-state index is -0.368. The van der Waals surface area contributed by atoms with E-state index in [0.29, 0.717) is 17.1 Å². The first-order valence-electron chi connectivity index (χ1n) is 7.97. The van der Waals surface area contributed by atoms with E-state index in [1.165, 1.54) is 34.9 Å². The predicted molar refractivity (Wildman–Crippen MR) is 98.0 cm³/mol. The van der Waals surface area contributed by atoms with Gasteiger partial charge >= 0.3 is 0 Å². The fraction of sp³-hybridized carbons (Fsp3) is 0.105. The van der Waals surface area contributed by atoms with Gasteiger partial charge in [-0.2, -0.15) is 0 Å². The van der Waals surface area contributed by atoms with Crippen LogP contribution in [0.15, 0.2) is 65.5 Å². The molecule has 0 saturated carbocycles. The van der Waals surface area contributed by atoms with Gasteiger partial charge in [-0.15, -0.1) is 0 Å².